The molecular weight excluding hydrogens is 338 g/mol. The monoisotopic (exact) mass is 357 g/mol. The summed E-state index contributed by atoms with van der Waals surface area (Å²) in [6.07, 6.45) is -0.223. The molecule has 4 N–H and O–H groups in total. The van der Waals surface area contributed by atoms with Gasteiger partial charge >= 0.3 is 6.09 Å². The van der Waals surface area contributed by atoms with Crippen molar-refractivity contribution < 1.29 is 14.7 Å². The number of ether oxygens (including phenoxy) is 1. The first-order valence-corrected chi connectivity index (χ1v) is 7.22. The maximum atomic E-state index is 11.8. The highest BCUT2D eigenvalue weighted by Crippen LogP contribution is 2.13. The Hall–Kier alpha value is -1.76. The summed E-state index contributed by atoms with van der Waals surface area (Å²) in [6.45, 7) is 5.29. The van der Waals surface area contributed by atoms with E-state index in [-0.39, 0.29) is 5.84 Å². The SMILES string of the molecule is CC(C)(C)OC(=O)N[C@@H](Cc1ccc(Br)cc1)/C(N)=N/O. The van der Waals surface area contributed by atoms with Crippen LogP contribution < -0.4 is 11.1 Å². The van der Waals surface area contributed by atoms with Crippen LogP contribution in [0.4, 0.5) is 4.79 Å². The first-order valence-electron chi connectivity index (χ1n) is 6.42. The third-order valence-corrected chi connectivity index (χ3v) is 3.05. The minimum absolute atomic E-state index is 0.0798. The molecule has 1 aromatic carbocycles. The number of alkyl carbamates (subject to hydrolysis) is 1. The van der Waals surface area contributed by atoms with Gasteiger partial charge in [0.25, 0.3) is 0 Å². The fourth-order valence-corrected chi connectivity index (χ4v) is 1.87. The molecule has 0 saturated heterocycles. The van der Waals surface area contributed by atoms with Crippen molar-refractivity contribution in [2.24, 2.45) is 10.9 Å². The number of oxime groups is 1. The van der Waals surface area contributed by atoms with Crippen molar-refractivity contribution in [3.63, 3.8) is 0 Å². The van der Waals surface area contributed by atoms with Crippen LogP contribution in [-0.2, 0) is 11.2 Å². The number of hydrogen-bond donors (Lipinski definition) is 3. The van der Waals surface area contributed by atoms with Gasteiger partial charge < -0.3 is 21.0 Å². The second-order valence-electron chi connectivity index (χ2n) is 5.55. The molecule has 0 unspecified atom stereocenters. The number of amidine groups is 1. The molecule has 0 bridgehead atoms. The molecule has 0 aliphatic carbocycles. The zero-order valence-electron chi connectivity index (χ0n) is 12.3. The molecule has 0 aliphatic rings. The number of nitrogens with two attached hydrogens (primary N) is 1. The summed E-state index contributed by atoms with van der Waals surface area (Å²) < 4.78 is 6.12. The van der Waals surface area contributed by atoms with E-state index in [1.54, 1.807) is 20.8 Å². The van der Waals surface area contributed by atoms with Crippen LogP contribution in [0.1, 0.15) is 26.3 Å². The molecule has 0 aliphatic heterocycles. The lowest BCUT2D eigenvalue weighted by Crippen LogP contribution is -2.47. The summed E-state index contributed by atoms with van der Waals surface area (Å²) in [4.78, 5) is 11.8. The molecule has 7 heteroatoms. The van der Waals surface area contributed by atoms with Crippen LogP contribution in [0.25, 0.3) is 0 Å². The van der Waals surface area contributed by atoms with Crippen molar-refractivity contribution in [2.75, 3.05) is 0 Å². The molecule has 0 aromatic heterocycles. The summed E-state index contributed by atoms with van der Waals surface area (Å²) in [5.41, 5.74) is 5.95. The maximum Gasteiger partial charge on any atom is 0.408 e. The normalized spacial score (nSPS) is 13.6. The van der Waals surface area contributed by atoms with Gasteiger partial charge in [0.1, 0.15) is 5.60 Å². The second-order valence-corrected chi connectivity index (χ2v) is 6.47. The third-order valence-electron chi connectivity index (χ3n) is 2.52. The van der Waals surface area contributed by atoms with E-state index in [0.717, 1.165) is 10.0 Å². The van der Waals surface area contributed by atoms with Gasteiger partial charge in [-0.2, -0.15) is 0 Å². The number of nitrogens with one attached hydrogen (secondary N) is 1. The van der Waals surface area contributed by atoms with Crippen LogP contribution in [0.15, 0.2) is 33.9 Å². The molecule has 1 aromatic rings. The van der Waals surface area contributed by atoms with E-state index in [4.69, 9.17) is 15.7 Å². The van der Waals surface area contributed by atoms with Crippen molar-refractivity contribution in [1.29, 1.82) is 0 Å². The van der Waals surface area contributed by atoms with Gasteiger partial charge in [0.15, 0.2) is 5.84 Å². The average Bonchev–Trinajstić information content (AvgIpc) is 2.37. The molecular formula is C14H20BrN3O3. The standard InChI is InChI=1S/C14H20BrN3O3/c1-14(2,3)21-13(19)17-11(12(16)18-20)8-9-4-6-10(15)7-5-9/h4-7,11,20H,8H2,1-3H3,(H2,16,18)(H,17,19)/t11-/m0/s1. The van der Waals surface area contributed by atoms with Crippen LogP contribution in [0, 0.1) is 0 Å². The molecule has 0 radical (unpaired) electrons. The number of carbonyl (C=O) groups excluding carboxylic acids is 1. The number of carbonyl (C=O) groups is 1. The lowest BCUT2D eigenvalue weighted by Gasteiger charge is -2.23. The van der Waals surface area contributed by atoms with E-state index in [0.29, 0.717) is 6.42 Å². The van der Waals surface area contributed by atoms with Crippen molar-refractivity contribution in [2.45, 2.75) is 38.8 Å². The first-order chi connectivity index (χ1) is 9.71. The Labute approximate surface area is 132 Å². The maximum absolute atomic E-state index is 11.8. The van der Waals surface area contributed by atoms with E-state index in [1.807, 2.05) is 24.3 Å². The lowest BCUT2D eigenvalue weighted by molar-refractivity contribution is 0.0517. The Morgan fingerprint density at radius 3 is 2.48 bits per heavy atom. The summed E-state index contributed by atoms with van der Waals surface area (Å²) in [7, 11) is 0. The van der Waals surface area contributed by atoms with Crippen molar-refractivity contribution >= 4 is 27.9 Å². The van der Waals surface area contributed by atoms with Crippen LogP contribution >= 0.6 is 15.9 Å². The number of hydrogen-bond acceptors (Lipinski definition) is 4. The molecule has 0 saturated carbocycles. The van der Waals surface area contributed by atoms with Crippen molar-refractivity contribution in [3.8, 4) is 0 Å². The Morgan fingerprint density at radius 2 is 2.00 bits per heavy atom. The molecule has 1 rings (SSSR count). The zero-order valence-corrected chi connectivity index (χ0v) is 13.8. The summed E-state index contributed by atoms with van der Waals surface area (Å²) in [5, 5.41) is 14.4. The molecule has 0 fully saturated rings. The van der Waals surface area contributed by atoms with Crippen molar-refractivity contribution in [1.82, 2.24) is 5.32 Å². The fourth-order valence-electron chi connectivity index (χ4n) is 1.61. The Kier molecular flexibility index (Phi) is 6.02. The lowest BCUT2D eigenvalue weighted by atomic mass is 10.1. The summed E-state index contributed by atoms with van der Waals surface area (Å²) >= 11 is 3.35. The van der Waals surface area contributed by atoms with Crippen molar-refractivity contribution in [3.05, 3.63) is 34.3 Å². The largest absolute Gasteiger partial charge is 0.444 e. The topological polar surface area (TPSA) is 96.9 Å². The predicted molar refractivity (Wildman–Crippen MR) is 84.4 cm³/mol. The zero-order chi connectivity index (χ0) is 16.0. The van der Waals surface area contributed by atoms with Gasteiger partial charge in [0.2, 0.25) is 0 Å². The van der Waals surface area contributed by atoms with Gasteiger partial charge in [-0.25, -0.2) is 4.79 Å². The predicted octanol–water partition coefficient (Wildman–Crippen LogP) is 2.63. The Morgan fingerprint density at radius 1 is 1.43 bits per heavy atom. The Bertz CT molecular complexity index is 509. The second kappa shape index (κ2) is 7.31. The number of rotatable bonds is 4. The van der Waals surface area contributed by atoms with Gasteiger partial charge in [-0.15, -0.1) is 0 Å². The number of nitrogens with zero attached hydrogens (tertiary/aromatic N) is 1. The smallest absolute Gasteiger partial charge is 0.408 e. The minimum Gasteiger partial charge on any atom is -0.444 e. The molecule has 1 atom stereocenters. The molecule has 116 valence electrons. The highest BCUT2D eigenvalue weighted by atomic mass is 79.9. The van der Waals surface area contributed by atoms with Crippen LogP contribution in [0.5, 0.6) is 0 Å². The van der Waals surface area contributed by atoms with Crippen LogP contribution in [0.2, 0.25) is 0 Å². The quantitative estimate of drug-likeness (QED) is 0.334. The minimum atomic E-state index is -0.647. The van der Waals surface area contributed by atoms with Gasteiger partial charge in [0, 0.05) is 10.9 Å². The molecule has 21 heavy (non-hydrogen) atoms. The highest BCUT2D eigenvalue weighted by Gasteiger charge is 2.22. The molecule has 1 amide bonds. The van der Waals surface area contributed by atoms with Gasteiger partial charge in [0.05, 0.1) is 6.04 Å². The van der Waals surface area contributed by atoms with E-state index in [1.165, 1.54) is 0 Å². The number of amides is 1. The van der Waals surface area contributed by atoms with Gasteiger partial charge in [-0.3, -0.25) is 0 Å². The van der Waals surface area contributed by atoms with E-state index < -0.39 is 17.7 Å². The average molecular weight is 358 g/mol. The first kappa shape index (κ1) is 17.3. The van der Waals surface area contributed by atoms with E-state index in [2.05, 4.69) is 26.4 Å². The molecule has 0 spiro atoms. The van der Waals surface area contributed by atoms with Gasteiger partial charge in [-0.1, -0.05) is 33.2 Å². The fraction of sp³-hybridized carbons (Fsp3) is 0.429. The molecule has 0 heterocycles. The van der Waals surface area contributed by atoms with Crippen LogP contribution in [-0.4, -0.2) is 28.8 Å². The summed E-state index contributed by atoms with van der Waals surface area (Å²) in [5.74, 6) is -0.0798. The summed E-state index contributed by atoms with van der Waals surface area (Å²) in [6, 6.07) is 6.89. The number of halogens is 1. The molecule has 6 nitrogen and oxygen atoms in total. The van der Waals surface area contributed by atoms with Gasteiger partial charge in [-0.05, 0) is 38.5 Å². The highest BCUT2D eigenvalue weighted by molar-refractivity contribution is 9.10. The number of benzene rings is 1. The third kappa shape index (κ3) is 6.48. The van der Waals surface area contributed by atoms with E-state index >= 15 is 0 Å². The van der Waals surface area contributed by atoms with Crippen LogP contribution in [0.3, 0.4) is 0 Å². The Balaban J connectivity index is 2.77. The van der Waals surface area contributed by atoms with E-state index in [9.17, 15) is 4.79 Å².